The topological polar surface area (TPSA) is 49.4 Å². The minimum atomic E-state index is -3.07. The Kier molecular flexibility index (Phi) is 6.26. The zero-order valence-electron chi connectivity index (χ0n) is 11.0. The van der Waals surface area contributed by atoms with Gasteiger partial charge in [0.2, 0.25) is 10.0 Å². The number of likely N-dealkylation sites (tertiary alicyclic amines) is 1. The van der Waals surface area contributed by atoms with E-state index in [0.29, 0.717) is 6.54 Å². The van der Waals surface area contributed by atoms with Crippen molar-refractivity contribution in [1.29, 1.82) is 0 Å². The van der Waals surface area contributed by atoms with Gasteiger partial charge in [0.15, 0.2) is 0 Å². The monoisotopic (exact) mass is 280 g/mol. The third kappa shape index (κ3) is 5.16. The molecule has 0 amide bonds. The molecule has 0 aliphatic carbocycles. The number of sulfonamides is 1. The molecule has 0 aromatic heterocycles. The molecule has 4 nitrogen and oxygen atoms in total. The average Bonchev–Trinajstić information content (AvgIpc) is 2.73. The number of rotatable bonds is 7. The Balaban J connectivity index is 2.22. The number of hydrogen-bond donors (Lipinski definition) is 1. The standard InChI is InChI=1S/C11H24N2O2S2/c1-10(2)9-16-7-6-13-5-4-11(8-13)17(14,15)12-3/h10-12H,4-9H2,1-3H3/t11-/m0/s1. The molecule has 1 rings (SSSR count). The number of thioether (sulfide) groups is 1. The predicted molar refractivity (Wildman–Crippen MR) is 75.0 cm³/mol. The van der Waals surface area contributed by atoms with Crippen molar-refractivity contribution < 1.29 is 8.42 Å². The van der Waals surface area contributed by atoms with E-state index in [1.165, 1.54) is 12.8 Å². The molecule has 0 aromatic carbocycles. The summed E-state index contributed by atoms with van der Waals surface area (Å²) < 4.78 is 25.7. The molecule has 1 aliphatic rings. The number of nitrogens with zero attached hydrogens (tertiary/aromatic N) is 1. The molecule has 0 radical (unpaired) electrons. The molecule has 1 heterocycles. The summed E-state index contributed by atoms with van der Waals surface area (Å²) in [5.74, 6) is 3.02. The smallest absolute Gasteiger partial charge is 0.215 e. The van der Waals surface area contributed by atoms with Gasteiger partial charge in [-0.05, 0) is 31.7 Å². The van der Waals surface area contributed by atoms with E-state index in [0.717, 1.165) is 31.2 Å². The Hall–Kier alpha value is 0.220. The van der Waals surface area contributed by atoms with Gasteiger partial charge in [0.1, 0.15) is 0 Å². The normalized spacial score (nSPS) is 22.5. The molecule has 1 aliphatic heterocycles. The number of hydrogen-bond acceptors (Lipinski definition) is 4. The van der Waals surface area contributed by atoms with Gasteiger partial charge in [0.05, 0.1) is 5.25 Å². The second-order valence-corrected chi connectivity index (χ2v) is 8.24. The molecule has 102 valence electrons. The molecule has 1 N–H and O–H groups in total. The van der Waals surface area contributed by atoms with Gasteiger partial charge in [0, 0.05) is 18.8 Å². The lowest BCUT2D eigenvalue weighted by Gasteiger charge is -2.16. The van der Waals surface area contributed by atoms with Gasteiger partial charge in [-0.2, -0.15) is 11.8 Å². The van der Waals surface area contributed by atoms with Crippen molar-refractivity contribution in [3.8, 4) is 0 Å². The molecule has 0 spiro atoms. The van der Waals surface area contributed by atoms with Crippen LogP contribution in [0.4, 0.5) is 0 Å². The quantitative estimate of drug-likeness (QED) is 0.707. The molecular weight excluding hydrogens is 256 g/mol. The summed E-state index contributed by atoms with van der Waals surface area (Å²) in [6.45, 7) is 7.04. The number of nitrogens with one attached hydrogen (secondary N) is 1. The first kappa shape index (κ1) is 15.3. The molecule has 0 bridgehead atoms. The molecule has 17 heavy (non-hydrogen) atoms. The van der Waals surface area contributed by atoms with Crippen LogP contribution in [0.3, 0.4) is 0 Å². The highest BCUT2D eigenvalue weighted by molar-refractivity contribution is 7.99. The molecule has 1 atom stereocenters. The largest absolute Gasteiger partial charge is 0.301 e. The molecule has 0 aromatic rings. The van der Waals surface area contributed by atoms with E-state index < -0.39 is 10.0 Å². The molecular formula is C11H24N2O2S2. The average molecular weight is 280 g/mol. The van der Waals surface area contributed by atoms with Crippen LogP contribution in [0.25, 0.3) is 0 Å². The molecule has 0 unspecified atom stereocenters. The van der Waals surface area contributed by atoms with Gasteiger partial charge in [-0.3, -0.25) is 0 Å². The fraction of sp³-hybridized carbons (Fsp3) is 1.00. The van der Waals surface area contributed by atoms with E-state index in [1.54, 1.807) is 0 Å². The van der Waals surface area contributed by atoms with Crippen LogP contribution >= 0.6 is 11.8 Å². The highest BCUT2D eigenvalue weighted by Crippen LogP contribution is 2.17. The minimum Gasteiger partial charge on any atom is -0.301 e. The third-order valence-electron chi connectivity index (χ3n) is 2.96. The van der Waals surface area contributed by atoms with Crippen LogP contribution in [0.15, 0.2) is 0 Å². The first-order valence-electron chi connectivity index (χ1n) is 6.18. The summed E-state index contributed by atoms with van der Waals surface area (Å²) in [5, 5.41) is -0.220. The van der Waals surface area contributed by atoms with Crippen LogP contribution in [0.2, 0.25) is 0 Å². The fourth-order valence-corrected chi connectivity index (χ4v) is 4.11. The van der Waals surface area contributed by atoms with Crippen molar-refractivity contribution in [3.05, 3.63) is 0 Å². The van der Waals surface area contributed by atoms with Crippen LogP contribution < -0.4 is 4.72 Å². The van der Waals surface area contributed by atoms with Gasteiger partial charge >= 0.3 is 0 Å². The van der Waals surface area contributed by atoms with Gasteiger partial charge in [-0.15, -0.1) is 0 Å². The van der Waals surface area contributed by atoms with Crippen molar-refractivity contribution >= 4 is 21.8 Å². The van der Waals surface area contributed by atoms with E-state index in [1.807, 2.05) is 11.8 Å². The van der Waals surface area contributed by atoms with Crippen LogP contribution in [0, 0.1) is 5.92 Å². The lowest BCUT2D eigenvalue weighted by Crippen LogP contribution is -2.34. The van der Waals surface area contributed by atoms with E-state index in [-0.39, 0.29) is 5.25 Å². The molecule has 1 fully saturated rings. The van der Waals surface area contributed by atoms with Gasteiger partial charge in [-0.1, -0.05) is 13.8 Å². The van der Waals surface area contributed by atoms with E-state index in [4.69, 9.17) is 0 Å². The zero-order chi connectivity index (χ0) is 12.9. The summed E-state index contributed by atoms with van der Waals surface area (Å²) in [4.78, 5) is 2.26. The van der Waals surface area contributed by atoms with E-state index in [2.05, 4.69) is 23.5 Å². The summed E-state index contributed by atoms with van der Waals surface area (Å²) >= 11 is 1.96. The first-order valence-corrected chi connectivity index (χ1v) is 8.88. The van der Waals surface area contributed by atoms with Crippen LogP contribution in [0.1, 0.15) is 20.3 Å². The lowest BCUT2D eigenvalue weighted by atomic mass is 10.3. The second-order valence-electron chi connectivity index (χ2n) is 4.93. The SMILES string of the molecule is CNS(=O)(=O)[C@H]1CCN(CCSCC(C)C)C1. The highest BCUT2D eigenvalue weighted by Gasteiger charge is 2.31. The highest BCUT2D eigenvalue weighted by atomic mass is 32.2. The van der Waals surface area contributed by atoms with Gasteiger partial charge < -0.3 is 4.90 Å². The third-order valence-corrected chi connectivity index (χ3v) is 6.16. The Morgan fingerprint density at radius 3 is 2.76 bits per heavy atom. The van der Waals surface area contributed by atoms with E-state index in [9.17, 15) is 8.42 Å². The van der Waals surface area contributed by atoms with E-state index >= 15 is 0 Å². The van der Waals surface area contributed by atoms with Crippen molar-refractivity contribution in [2.45, 2.75) is 25.5 Å². The van der Waals surface area contributed by atoms with Gasteiger partial charge in [-0.25, -0.2) is 13.1 Å². The summed E-state index contributed by atoms with van der Waals surface area (Å²) in [5.41, 5.74) is 0. The van der Waals surface area contributed by atoms with Crippen LogP contribution in [-0.2, 0) is 10.0 Å². The Bertz CT molecular complexity index is 317. The minimum absolute atomic E-state index is 0.220. The Morgan fingerprint density at radius 2 is 2.18 bits per heavy atom. The molecule has 0 saturated carbocycles. The van der Waals surface area contributed by atoms with Crippen LogP contribution in [0.5, 0.6) is 0 Å². The van der Waals surface area contributed by atoms with Crippen molar-refractivity contribution in [2.75, 3.05) is 38.2 Å². The molecule has 1 saturated heterocycles. The van der Waals surface area contributed by atoms with Crippen molar-refractivity contribution in [1.82, 2.24) is 9.62 Å². The maximum absolute atomic E-state index is 11.6. The second kappa shape index (κ2) is 6.97. The summed E-state index contributed by atoms with van der Waals surface area (Å²) in [7, 11) is -1.58. The molecule has 6 heteroatoms. The Labute approximate surface area is 110 Å². The van der Waals surface area contributed by atoms with Crippen LogP contribution in [-0.4, -0.2) is 56.8 Å². The van der Waals surface area contributed by atoms with Crippen molar-refractivity contribution in [3.63, 3.8) is 0 Å². The first-order chi connectivity index (χ1) is 7.95. The Morgan fingerprint density at radius 1 is 1.47 bits per heavy atom. The lowest BCUT2D eigenvalue weighted by molar-refractivity contribution is 0.361. The summed E-state index contributed by atoms with van der Waals surface area (Å²) in [6, 6.07) is 0. The zero-order valence-corrected chi connectivity index (χ0v) is 12.6. The maximum Gasteiger partial charge on any atom is 0.215 e. The van der Waals surface area contributed by atoms with Crippen molar-refractivity contribution in [2.24, 2.45) is 5.92 Å². The van der Waals surface area contributed by atoms with Gasteiger partial charge in [0.25, 0.3) is 0 Å². The summed E-state index contributed by atoms with van der Waals surface area (Å²) in [6.07, 6.45) is 0.762. The predicted octanol–water partition coefficient (Wildman–Crippen LogP) is 0.999. The fourth-order valence-electron chi connectivity index (χ4n) is 1.93. The maximum atomic E-state index is 11.6.